The van der Waals surface area contributed by atoms with E-state index < -0.39 is 23.2 Å². The van der Waals surface area contributed by atoms with Gasteiger partial charge in [0.05, 0.1) is 28.2 Å². The van der Waals surface area contributed by atoms with Gasteiger partial charge >= 0.3 is 6.18 Å². The smallest absolute Gasteiger partial charge is 0.294 e. The Morgan fingerprint density at radius 1 is 1.40 bits per heavy atom. The second-order valence-corrected chi connectivity index (χ2v) is 4.48. The minimum atomic E-state index is -4.72. The summed E-state index contributed by atoms with van der Waals surface area (Å²) in [6.45, 7) is 2.62. The molecule has 0 radical (unpaired) electrons. The molecule has 0 aliphatic rings. The number of carbonyl (C=O) groups excluding carboxylic acids is 1. The molecule has 0 saturated carbocycles. The zero-order valence-corrected chi connectivity index (χ0v) is 11.2. The zero-order valence-electron chi connectivity index (χ0n) is 10.5. The van der Waals surface area contributed by atoms with Crippen molar-refractivity contribution in [2.45, 2.75) is 20.0 Å². The number of hydrogen-bond donors (Lipinski definition) is 0. The van der Waals surface area contributed by atoms with E-state index in [9.17, 15) is 18.0 Å². The van der Waals surface area contributed by atoms with Crippen molar-refractivity contribution in [3.8, 4) is 5.69 Å². The monoisotopic (exact) mass is 303 g/mol. The molecule has 0 amide bonds. The van der Waals surface area contributed by atoms with Crippen LogP contribution in [0, 0.1) is 6.92 Å². The number of aryl methyl sites for hydroxylation is 1. The molecule has 0 fully saturated rings. The summed E-state index contributed by atoms with van der Waals surface area (Å²) in [7, 11) is 0. The Labute approximate surface area is 117 Å². The summed E-state index contributed by atoms with van der Waals surface area (Å²) in [4.78, 5) is 15.2. The maximum Gasteiger partial charge on any atom is 0.434 e. The predicted octanol–water partition coefficient (Wildman–Crippen LogP) is 3.45. The molecule has 0 atom stereocenters. The van der Waals surface area contributed by atoms with Crippen LogP contribution in [0.3, 0.4) is 0 Å². The molecule has 0 spiro atoms. The summed E-state index contributed by atoms with van der Waals surface area (Å²) in [5.41, 5.74) is -1.24. The molecule has 20 heavy (non-hydrogen) atoms. The Balaban J connectivity index is 2.76. The summed E-state index contributed by atoms with van der Waals surface area (Å²) in [6.07, 6.45) is -2.51. The first kappa shape index (κ1) is 14.5. The summed E-state index contributed by atoms with van der Waals surface area (Å²) in [5.74, 6) is -0.717. The fourth-order valence-corrected chi connectivity index (χ4v) is 1.95. The first-order valence-electron chi connectivity index (χ1n) is 5.51. The molecule has 0 bridgehead atoms. The fraction of sp³-hybridized carbons (Fsp3) is 0.250. The number of nitrogens with zero attached hydrogens (tertiary/aromatic N) is 3. The van der Waals surface area contributed by atoms with Gasteiger partial charge in [0, 0.05) is 6.20 Å². The largest absolute Gasteiger partial charge is 0.434 e. The number of halogens is 4. The molecule has 2 rings (SSSR count). The molecule has 106 valence electrons. The highest BCUT2D eigenvalue weighted by atomic mass is 35.5. The van der Waals surface area contributed by atoms with Crippen LogP contribution < -0.4 is 0 Å². The first-order chi connectivity index (χ1) is 9.23. The Kier molecular flexibility index (Phi) is 3.56. The Hall–Kier alpha value is -1.89. The van der Waals surface area contributed by atoms with Crippen molar-refractivity contribution in [2.75, 3.05) is 0 Å². The minimum Gasteiger partial charge on any atom is -0.294 e. The van der Waals surface area contributed by atoms with Crippen molar-refractivity contribution < 1.29 is 18.0 Å². The molecule has 0 unspecified atom stereocenters. The second-order valence-electron chi connectivity index (χ2n) is 4.10. The van der Waals surface area contributed by atoms with Gasteiger partial charge in [-0.25, -0.2) is 4.68 Å². The van der Waals surface area contributed by atoms with Crippen LogP contribution in [0.5, 0.6) is 0 Å². The number of aromatic nitrogens is 3. The predicted molar refractivity (Wildman–Crippen MR) is 66.1 cm³/mol. The maximum atomic E-state index is 13.1. The van der Waals surface area contributed by atoms with Crippen molar-refractivity contribution in [3.05, 3.63) is 40.4 Å². The van der Waals surface area contributed by atoms with Crippen LogP contribution in [0.15, 0.2) is 18.5 Å². The molecule has 2 aromatic heterocycles. The van der Waals surface area contributed by atoms with Crippen molar-refractivity contribution in [2.24, 2.45) is 0 Å². The summed E-state index contributed by atoms with van der Waals surface area (Å²) in [6, 6.07) is 1.31. The number of alkyl halides is 3. The highest BCUT2D eigenvalue weighted by molar-refractivity contribution is 6.33. The summed E-state index contributed by atoms with van der Waals surface area (Å²) in [5, 5.41) is 3.69. The summed E-state index contributed by atoms with van der Waals surface area (Å²) >= 11 is 5.96. The van der Waals surface area contributed by atoms with Crippen molar-refractivity contribution >= 4 is 17.4 Å². The maximum absolute atomic E-state index is 13.1. The number of Topliss-reactive ketones (excluding diaryl/α,β-unsaturated/α-hetero) is 1. The molecule has 0 aliphatic carbocycles. The van der Waals surface area contributed by atoms with E-state index in [1.807, 2.05) is 0 Å². The van der Waals surface area contributed by atoms with Crippen LogP contribution in [0.25, 0.3) is 5.69 Å². The van der Waals surface area contributed by atoms with Crippen molar-refractivity contribution in [3.63, 3.8) is 0 Å². The Bertz CT molecular complexity index is 679. The molecular weight excluding hydrogens is 295 g/mol. The van der Waals surface area contributed by atoms with Crippen LogP contribution in [-0.4, -0.2) is 20.5 Å². The highest BCUT2D eigenvalue weighted by Gasteiger charge is 2.40. The van der Waals surface area contributed by atoms with Gasteiger partial charge in [-0.3, -0.25) is 9.78 Å². The van der Waals surface area contributed by atoms with E-state index in [1.165, 1.54) is 12.3 Å². The van der Waals surface area contributed by atoms with Gasteiger partial charge in [0.2, 0.25) is 0 Å². The van der Waals surface area contributed by atoms with Gasteiger partial charge in [-0.2, -0.15) is 18.3 Å². The van der Waals surface area contributed by atoms with E-state index in [-0.39, 0.29) is 10.7 Å². The van der Waals surface area contributed by atoms with Crippen LogP contribution in [0.1, 0.15) is 28.7 Å². The van der Waals surface area contributed by atoms with E-state index in [0.29, 0.717) is 10.4 Å². The quantitative estimate of drug-likeness (QED) is 0.798. The van der Waals surface area contributed by atoms with Gasteiger partial charge in [0.15, 0.2) is 11.5 Å². The highest BCUT2D eigenvalue weighted by Crippen LogP contribution is 2.35. The fourth-order valence-electron chi connectivity index (χ4n) is 1.76. The van der Waals surface area contributed by atoms with Gasteiger partial charge in [0.25, 0.3) is 0 Å². The number of pyridine rings is 1. The van der Waals surface area contributed by atoms with E-state index in [0.717, 1.165) is 13.1 Å². The Morgan fingerprint density at radius 3 is 2.60 bits per heavy atom. The SMILES string of the molecule is CC(=O)c1cnn(-c2ccnc(C)c2Cl)c1C(F)(F)F. The lowest BCUT2D eigenvalue weighted by molar-refractivity contribution is -0.143. The lowest BCUT2D eigenvalue weighted by atomic mass is 10.1. The molecule has 0 aliphatic heterocycles. The van der Waals surface area contributed by atoms with Gasteiger partial charge in [-0.05, 0) is 19.9 Å². The van der Waals surface area contributed by atoms with E-state index in [4.69, 9.17) is 11.6 Å². The van der Waals surface area contributed by atoms with Gasteiger partial charge < -0.3 is 0 Å². The van der Waals surface area contributed by atoms with Crippen LogP contribution in [-0.2, 0) is 6.18 Å². The molecule has 0 N–H and O–H groups in total. The lowest BCUT2D eigenvalue weighted by Gasteiger charge is -2.13. The van der Waals surface area contributed by atoms with Crippen LogP contribution in [0.2, 0.25) is 5.02 Å². The van der Waals surface area contributed by atoms with Crippen molar-refractivity contribution in [1.29, 1.82) is 0 Å². The third-order valence-corrected chi connectivity index (χ3v) is 3.16. The molecule has 8 heteroatoms. The lowest BCUT2D eigenvalue weighted by Crippen LogP contribution is -2.17. The molecule has 2 aromatic rings. The van der Waals surface area contributed by atoms with Crippen LogP contribution >= 0.6 is 11.6 Å². The normalized spacial score (nSPS) is 11.7. The van der Waals surface area contributed by atoms with Crippen molar-refractivity contribution in [1.82, 2.24) is 14.8 Å². The number of ketones is 1. The third-order valence-electron chi connectivity index (χ3n) is 2.69. The molecular formula is C12H9ClF3N3O. The molecule has 4 nitrogen and oxygen atoms in total. The average molecular weight is 304 g/mol. The van der Waals surface area contributed by atoms with E-state index in [2.05, 4.69) is 10.1 Å². The van der Waals surface area contributed by atoms with E-state index in [1.54, 1.807) is 6.92 Å². The third kappa shape index (κ3) is 2.40. The number of rotatable bonds is 2. The number of carbonyl (C=O) groups is 1. The standard InChI is InChI=1S/C12H9ClF3N3O/c1-6-10(13)9(3-4-17-6)19-11(12(14,15)16)8(5-18-19)7(2)20/h3-5H,1-2H3. The number of hydrogen-bond acceptors (Lipinski definition) is 3. The summed E-state index contributed by atoms with van der Waals surface area (Å²) < 4.78 is 40.1. The van der Waals surface area contributed by atoms with Gasteiger partial charge in [-0.15, -0.1) is 0 Å². The average Bonchev–Trinajstić information content (AvgIpc) is 2.77. The van der Waals surface area contributed by atoms with Gasteiger partial charge in [-0.1, -0.05) is 11.6 Å². The van der Waals surface area contributed by atoms with E-state index >= 15 is 0 Å². The first-order valence-corrected chi connectivity index (χ1v) is 5.89. The van der Waals surface area contributed by atoms with Crippen LogP contribution in [0.4, 0.5) is 13.2 Å². The zero-order chi connectivity index (χ0) is 15.1. The molecule has 2 heterocycles. The minimum absolute atomic E-state index is 0.0268. The second kappa shape index (κ2) is 4.90. The Morgan fingerprint density at radius 2 is 2.05 bits per heavy atom. The molecule has 0 aromatic carbocycles. The molecule has 0 saturated heterocycles. The van der Waals surface area contributed by atoms with Gasteiger partial charge in [0.1, 0.15) is 0 Å². The topological polar surface area (TPSA) is 47.8 Å².